The molecule has 1 aliphatic rings. The third-order valence-electron chi connectivity index (χ3n) is 3.17. The maximum Gasteiger partial charge on any atom is 0.415 e. The highest BCUT2D eigenvalue weighted by Crippen LogP contribution is 2.16. The molecule has 1 atom stereocenters. The van der Waals surface area contributed by atoms with Crippen LogP contribution in [-0.2, 0) is 11.2 Å². The van der Waals surface area contributed by atoms with Gasteiger partial charge in [-0.1, -0.05) is 12.1 Å². The summed E-state index contributed by atoms with van der Waals surface area (Å²) in [6, 6.07) is 5.82. The van der Waals surface area contributed by atoms with Crippen molar-refractivity contribution in [3.63, 3.8) is 0 Å². The van der Waals surface area contributed by atoms with Crippen molar-refractivity contribution in [3.8, 4) is 5.75 Å². The van der Waals surface area contributed by atoms with Crippen LogP contribution in [-0.4, -0.2) is 52.7 Å². The van der Waals surface area contributed by atoms with Crippen LogP contribution < -0.4 is 10.5 Å². The third-order valence-corrected chi connectivity index (χ3v) is 4.11. The minimum absolute atomic E-state index is 0.243. The normalized spacial score (nSPS) is 16.3. The summed E-state index contributed by atoms with van der Waals surface area (Å²) in [6.07, 6.45) is -0.0994. The van der Waals surface area contributed by atoms with Gasteiger partial charge in [0.15, 0.2) is 0 Å². The van der Waals surface area contributed by atoms with Crippen LogP contribution in [0, 0.1) is 0 Å². The number of hydrogen-bond acceptors (Lipinski definition) is 5. The summed E-state index contributed by atoms with van der Waals surface area (Å²) in [5, 5.41) is 8.76. The van der Waals surface area contributed by atoms with Crippen LogP contribution in [0.5, 0.6) is 5.75 Å². The summed E-state index contributed by atoms with van der Waals surface area (Å²) in [6.45, 7) is 1.41. The number of amides is 1. The minimum atomic E-state index is -1.03. The number of hydrogen-bond donors (Lipinski definition) is 2. The third kappa shape index (κ3) is 4.64. The topological polar surface area (TPSA) is 92.9 Å². The fourth-order valence-electron chi connectivity index (χ4n) is 1.95. The van der Waals surface area contributed by atoms with Gasteiger partial charge in [-0.3, -0.25) is 4.79 Å². The Morgan fingerprint density at radius 2 is 1.90 bits per heavy atom. The predicted octanol–water partition coefficient (Wildman–Crippen LogP) is 1.19. The van der Waals surface area contributed by atoms with Crippen molar-refractivity contribution in [2.75, 3.05) is 24.6 Å². The van der Waals surface area contributed by atoms with E-state index in [1.165, 1.54) is 0 Å². The van der Waals surface area contributed by atoms with Crippen LogP contribution >= 0.6 is 11.8 Å². The lowest BCUT2D eigenvalue weighted by Gasteiger charge is -2.25. The molecular weight excluding hydrogens is 292 g/mol. The van der Waals surface area contributed by atoms with Crippen LogP contribution in [0.15, 0.2) is 24.3 Å². The van der Waals surface area contributed by atoms with Crippen molar-refractivity contribution >= 4 is 23.8 Å². The molecule has 7 heteroatoms. The summed E-state index contributed by atoms with van der Waals surface area (Å²) in [4.78, 5) is 24.3. The first kappa shape index (κ1) is 15.7. The molecule has 0 saturated carbocycles. The Morgan fingerprint density at radius 3 is 2.48 bits per heavy atom. The lowest BCUT2D eigenvalue weighted by atomic mass is 10.1. The van der Waals surface area contributed by atoms with E-state index in [9.17, 15) is 9.59 Å². The van der Waals surface area contributed by atoms with E-state index >= 15 is 0 Å². The second-order valence-corrected chi connectivity index (χ2v) is 5.98. The molecular formula is C14H18N2O4S. The quantitative estimate of drug-likeness (QED) is 0.868. The van der Waals surface area contributed by atoms with Gasteiger partial charge in [0.25, 0.3) is 0 Å². The first-order chi connectivity index (χ1) is 10.1. The number of thioether (sulfide) groups is 1. The Bertz CT molecular complexity index is 500. The molecule has 0 unspecified atom stereocenters. The van der Waals surface area contributed by atoms with Crippen molar-refractivity contribution in [2.24, 2.45) is 5.73 Å². The minimum Gasteiger partial charge on any atom is -0.480 e. The van der Waals surface area contributed by atoms with Crippen LogP contribution in [0.4, 0.5) is 4.79 Å². The molecule has 114 valence electrons. The highest BCUT2D eigenvalue weighted by Gasteiger charge is 2.18. The summed E-state index contributed by atoms with van der Waals surface area (Å²) in [5.74, 6) is 1.28. The van der Waals surface area contributed by atoms with E-state index in [-0.39, 0.29) is 12.5 Å². The Labute approximate surface area is 127 Å². The molecule has 3 N–H and O–H groups in total. The predicted molar refractivity (Wildman–Crippen MR) is 80.7 cm³/mol. The first-order valence-corrected chi connectivity index (χ1v) is 7.83. The van der Waals surface area contributed by atoms with Gasteiger partial charge in [-0.25, -0.2) is 4.79 Å². The van der Waals surface area contributed by atoms with Gasteiger partial charge in [0.2, 0.25) is 0 Å². The smallest absolute Gasteiger partial charge is 0.415 e. The van der Waals surface area contributed by atoms with E-state index in [4.69, 9.17) is 15.6 Å². The standard InChI is InChI=1S/C14H18N2O4S/c15-12(13(17)18)9-10-1-3-11(4-2-10)20-14(19)16-5-7-21-8-6-16/h1-4,12H,5-9,15H2,(H,17,18)/t12-/m0/s1. The van der Waals surface area contributed by atoms with Gasteiger partial charge in [-0.05, 0) is 24.1 Å². The molecule has 0 aliphatic carbocycles. The van der Waals surface area contributed by atoms with Gasteiger partial charge in [-0.15, -0.1) is 0 Å². The summed E-state index contributed by atoms with van der Waals surface area (Å²) < 4.78 is 5.29. The number of nitrogens with two attached hydrogens (primary N) is 1. The first-order valence-electron chi connectivity index (χ1n) is 6.68. The summed E-state index contributed by atoms with van der Waals surface area (Å²) in [7, 11) is 0. The van der Waals surface area contributed by atoms with E-state index in [1.807, 2.05) is 11.8 Å². The molecule has 2 rings (SSSR count). The van der Waals surface area contributed by atoms with E-state index in [1.54, 1.807) is 29.2 Å². The molecule has 1 aromatic carbocycles. The van der Waals surface area contributed by atoms with Crippen molar-refractivity contribution < 1.29 is 19.4 Å². The number of ether oxygens (including phenoxy) is 1. The van der Waals surface area contributed by atoms with Crippen molar-refractivity contribution in [3.05, 3.63) is 29.8 Å². The van der Waals surface area contributed by atoms with E-state index in [0.717, 1.165) is 17.1 Å². The van der Waals surface area contributed by atoms with Crippen LogP contribution in [0.25, 0.3) is 0 Å². The number of benzene rings is 1. The molecule has 0 aromatic heterocycles. The Balaban J connectivity index is 1.89. The molecule has 0 spiro atoms. The maximum atomic E-state index is 11.9. The zero-order valence-corrected chi connectivity index (χ0v) is 12.3. The van der Waals surface area contributed by atoms with E-state index in [0.29, 0.717) is 18.8 Å². The lowest BCUT2D eigenvalue weighted by Crippen LogP contribution is -2.39. The Morgan fingerprint density at radius 1 is 1.29 bits per heavy atom. The molecule has 6 nitrogen and oxygen atoms in total. The average molecular weight is 310 g/mol. The van der Waals surface area contributed by atoms with Gasteiger partial charge >= 0.3 is 12.1 Å². The lowest BCUT2D eigenvalue weighted by molar-refractivity contribution is -0.138. The Hall–Kier alpha value is -1.73. The summed E-state index contributed by atoms with van der Waals surface area (Å²) >= 11 is 1.82. The fourth-order valence-corrected chi connectivity index (χ4v) is 2.85. The molecule has 1 fully saturated rings. The van der Waals surface area contributed by atoms with Gasteiger partial charge in [0, 0.05) is 24.6 Å². The van der Waals surface area contributed by atoms with Crippen molar-refractivity contribution in [2.45, 2.75) is 12.5 Å². The largest absolute Gasteiger partial charge is 0.480 e. The maximum absolute atomic E-state index is 11.9. The molecule has 21 heavy (non-hydrogen) atoms. The number of carbonyl (C=O) groups excluding carboxylic acids is 1. The van der Waals surface area contributed by atoms with E-state index in [2.05, 4.69) is 0 Å². The van der Waals surface area contributed by atoms with Gasteiger partial charge < -0.3 is 20.5 Å². The van der Waals surface area contributed by atoms with Crippen LogP contribution in [0.1, 0.15) is 5.56 Å². The van der Waals surface area contributed by atoms with Crippen molar-refractivity contribution in [1.82, 2.24) is 4.90 Å². The molecule has 1 aromatic rings. The van der Waals surface area contributed by atoms with Gasteiger partial charge in [0.1, 0.15) is 11.8 Å². The van der Waals surface area contributed by atoms with Gasteiger partial charge in [0.05, 0.1) is 0 Å². The van der Waals surface area contributed by atoms with Gasteiger partial charge in [-0.2, -0.15) is 11.8 Å². The number of aliphatic carboxylic acids is 1. The summed E-state index contributed by atoms with van der Waals surface area (Å²) in [5.41, 5.74) is 6.26. The highest BCUT2D eigenvalue weighted by atomic mass is 32.2. The fraction of sp³-hybridized carbons (Fsp3) is 0.429. The number of carbonyl (C=O) groups is 2. The molecule has 1 saturated heterocycles. The molecule has 0 bridgehead atoms. The number of nitrogens with zero attached hydrogens (tertiary/aromatic N) is 1. The zero-order chi connectivity index (χ0) is 15.2. The number of carboxylic acids is 1. The Kier molecular flexibility index (Phi) is 5.46. The second-order valence-electron chi connectivity index (χ2n) is 4.76. The zero-order valence-electron chi connectivity index (χ0n) is 11.5. The second kappa shape index (κ2) is 7.33. The van der Waals surface area contributed by atoms with Crippen LogP contribution in [0.2, 0.25) is 0 Å². The number of rotatable bonds is 4. The molecule has 1 amide bonds. The van der Waals surface area contributed by atoms with E-state index < -0.39 is 12.0 Å². The molecule has 1 aliphatic heterocycles. The number of carboxylic acid groups (broad SMARTS) is 1. The molecule has 1 heterocycles. The van der Waals surface area contributed by atoms with Crippen molar-refractivity contribution in [1.29, 1.82) is 0 Å². The SMILES string of the molecule is N[C@@H](Cc1ccc(OC(=O)N2CCSCC2)cc1)C(=O)O. The van der Waals surface area contributed by atoms with Crippen LogP contribution in [0.3, 0.4) is 0 Å². The average Bonchev–Trinajstić information content (AvgIpc) is 2.50. The highest BCUT2D eigenvalue weighted by molar-refractivity contribution is 7.99. The molecule has 0 radical (unpaired) electrons. The monoisotopic (exact) mass is 310 g/mol.